The van der Waals surface area contributed by atoms with Gasteiger partial charge in [-0.25, -0.2) is 0 Å². The molecule has 0 N–H and O–H groups in total. The minimum Gasteiger partial charge on any atom is -0.102 e. The molecule has 46 unspecified atom stereocenters. The van der Waals surface area contributed by atoms with Gasteiger partial charge in [-0.15, -0.1) is 357 Å². The van der Waals surface area contributed by atoms with Gasteiger partial charge in [0, 0.05) is 0 Å². The van der Waals surface area contributed by atoms with E-state index in [-0.39, 0.29) is 203 Å². The monoisotopic (exact) mass is 2650 g/mol. The largest absolute Gasteiger partial charge is 0.102 e. The molecule has 0 aromatic carbocycles. The maximum Gasteiger partial charge on any atom is -0.00000384 e. The lowest BCUT2D eigenvalue weighted by Gasteiger charge is -2.63. The molecule has 0 bridgehead atoms. The number of hydrogen-bond donors (Lipinski definition) is 0. The summed E-state index contributed by atoms with van der Waals surface area (Å²) in [5, 5.41) is 0. The van der Waals surface area contributed by atoms with Gasteiger partial charge in [-0.2, -0.15) is 0 Å². The predicted octanol–water partition coefficient (Wildman–Crippen LogP) is 49.3. The Morgan fingerprint density at radius 1 is 0.145 bits per heavy atom. The van der Waals surface area contributed by atoms with Crippen molar-refractivity contribution in [2.75, 3.05) is 0 Å². The average molecular weight is 2650 g/mol. The highest BCUT2D eigenvalue weighted by molar-refractivity contribution is 9.58. The molecule has 0 rings (SSSR count). The van der Waals surface area contributed by atoms with Crippen molar-refractivity contribution in [3.05, 3.63) is 0 Å². The molecule has 0 heterocycles. The van der Waals surface area contributed by atoms with E-state index < -0.39 is 76.9 Å². The SMILES string of the molecule is [PH]PP(P)P(P(P([PH])P)P(P)P)P(P(P(P)P)P(P)P)P(P(P(P(P(P)P)P(P)P)P(P(P)P)P(P)P)P(P(P(P)P)P(P)P)P(P(P)P)P(P)P)P(P(P(P(P)P)P(P)P)P(P(P)P)P(P)P)P(P(P(P)P)P(P)P)P(P(P)P)P(P)P. The van der Waals surface area contributed by atoms with Gasteiger partial charge >= 0.3 is 0 Å². The highest BCUT2D eigenvalue weighted by atomic mass is 33.6. The molecule has 83 heavy (non-hydrogen) atoms. The first-order valence-corrected chi connectivity index (χ1v) is 169. The van der Waals surface area contributed by atoms with Crippen molar-refractivity contribution < 1.29 is 0 Å². The van der Waals surface area contributed by atoms with E-state index in [9.17, 15) is 0 Å². The zero-order valence-corrected chi connectivity index (χ0v) is 127. The highest BCUT2D eigenvalue weighted by Crippen LogP contribution is 3.52. The van der Waals surface area contributed by atoms with Crippen LogP contribution in [0.25, 0.3) is 0 Å². The van der Waals surface area contributed by atoms with Gasteiger partial charge in [0.15, 0.2) is 0 Å². The van der Waals surface area contributed by atoms with Crippen LogP contribution >= 0.6 is 662 Å². The van der Waals surface area contributed by atoms with Gasteiger partial charge in [-0.05, 0) is 279 Å². The van der Waals surface area contributed by atoms with Crippen LogP contribution in [0.5, 0.6) is 0 Å². The van der Waals surface area contributed by atoms with Crippen LogP contribution in [0, 0.1) is 0 Å². The van der Waals surface area contributed by atoms with E-state index in [0.29, 0.717) is 0 Å². The lowest BCUT2D eigenvalue weighted by Crippen LogP contribution is -1.75. The first-order chi connectivity index (χ1) is 37.8. The van der Waals surface area contributed by atoms with E-state index in [2.05, 4.69) is 366 Å². The Balaban J connectivity index is 13.0. The molecule has 0 spiro atoms. The number of rotatable bonds is 40. The van der Waals surface area contributed by atoms with Gasteiger partial charge < -0.3 is 0 Å². The van der Waals surface area contributed by atoms with E-state index in [1.165, 1.54) is 0 Å². The second kappa shape index (κ2) is 65.3. The summed E-state index contributed by atoms with van der Waals surface area (Å²) in [4.78, 5) is 0. The molecule has 0 saturated carbocycles. The Labute approximate surface area is 652 Å². The first-order valence-electron chi connectivity index (χ1n) is 18.8. The first kappa shape index (κ1) is 119. The van der Waals surface area contributed by atoms with Crippen LogP contribution in [0.2, 0.25) is 0 Å². The third-order valence-electron chi connectivity index (χ3n) is 7.30. The fourth-order valence-electron chi connectivity index (χ4n) is 5.03. The van der Waals surface area contributed by atoms with E-state index >= 15 is 0 Å². The normalized spacial score (nSPS) is 15.8. The lowest BCUT2D eigenvalue weighted by molar-refractivity contribution is 4.30. The van der Waals surface area contributed by atoms with Crippen molar-refractivity contribution in [2.24, 2.45) is 0 Å². The molecule has 0 nitrogen and oxygen atoms in total. The molecule has 0 aliphatic carbocycles. The van der Waals surface area contributed by atoms with Crippen molar-refractivity contribution in [1.82, 2.24) is 0 Å². The molecule has 0 aromatic rings. The highest BCUT2D eigenvalue weighted by Gasteiger charge is 2.65. The Kier molecular flexibility index (Phi) is 93.3. The fraction of sp³-hybridized carbons (Fsp3) is 0. The van der Waals surface area contributed by atoms with E-state index in [1.807, 2.05) is 0 Å². The van der Waals surface area contributed by atoms with Gasteiger partial charge in [0.05, 0.1) is 0 Å². The van der Waals surface area contributed by atoms with E-state index in [4.69, 9.17) is 8.93 Å². The molecule has 0 aromatic heterocycles. The smallest absolute Gasteiger partial charge is 0.00000384 e. The van der Waals surface area contributed by atoms with E-state index in [0.717, 1.165) is 7.96 Å². The molecule has 498 valence electrons. The van der Waals surface area contributed by atoms with Crippen LogP contribution in [0.15, 0.2) is 0 Å². The maximum atomic E-state index is 4.80. The maximum absolute atomic E-state index is 4.80. The minimum absolute atomic E-state index is 0.333. The number of hydrogen-bond acceptors (Lipinski definition) is 0. The molecule has 0 aliphatic heterocycles. The summed E-state index contributed by atoms with van der Waals surface area (Å²) < 4.78 is 0. The van der Waals surface area contributed by atoms with Crippen LogP contribution in [0.3, 0.4) is 0 Å². The summed E-state index contributed by atoms with van der Waals surface area (Å²) in [7, 11) is 158. The molecule has 0 amide bonds. The average Bonchev–Trinajstić information content (AvgIpc) is 3.26. The van der Waals surface area contributed by atoms with Crippen LogP contribution in [-0.4, -0.2) is 0 Å². The Morgan fingerprint density at radius 3 is 0.325 bits per heavy atom. The van der Waals surface area contributed by atoms with Crippen molar-refractivity contribution >= 4 is 662 Å². The van der Waals surface area contributed by atoms with Crippen LogP contribution < -0.4 is 0 Å². The summed E-state index contributed by atoms with van der Waals surface area (Å²) in [6, 6.07) is 0. The minimum atomic E-state index is -0.509. The fourth-order valence-corrected chi connectivity index (χ4v) is 1220. The second-order valence-corrected chi connectivity index (χ2v) is 354. The molecule has 0 saturated heterocycles. The van der Waals surface area contributed by atoms with Gasteiger partial charge in [-0.3, -0.25) is 0 Å². The molecule has 46 atom stereocenters. The van der Waals surface area contributed by atoms with Crippen molar-refractivity contribution in [3.8, 4) is 0 Å². The standard InChI is InChI=1S/H83P83/c1-43-64(42)75(65(44(2)3)45(4)5)80(74(62(38)39)63(40)41)83(81(76(66(46(6)7)47(8)9)67(48(10)11)49(12)13)77(68(50(14)15)51(16)17)69(52(18)19)53(20)21)82(78(70(54(22)23)55(24)25)71(56(26)27)57(28)29)79(72(58(30)31)59(32)33)73(60(34)35)61(36)37/h1-2,43H,3-42H2. The second-order valence-electron chi connectivity index (χ2n) is 13.1. The summed E-state index contributed by atoms with van der Waals surface area (Å²) in [6.07, 6.45) is 0. The predicted molar refractivity (Wildman–Crippen MR) is 690 cm³/mol. The molecule has 0 aliphatic rings. The Hall–Kier alpha value is 35.7. The van der Waals surface area contributed by atoms with Crippen LogP contribution in [-0.2, 0) is 0 Å². The van der Waals surface area contributed by atoms with Crippen LogP contribution in [0.1, 0.15) is 0 Å². The zero-order valence-electron chi connectivity index (χ0n) is 42.5. The lowest BCUT2D eigenvalue weighted by atomic mass is 28.4. The summed E-state index contributed by atoms with van der Waals surface area (Å²) in [5.41, 5.74) is 0. The van der Waals surface area contributed by atoms with Crippen molar-refractivity contribution in [1.29, 1.82) is 0 Å². The van der Waals surface area contributed by atoms with Gasteiger partial charge in [0.1, 0.15) is 0 Å². The summed E-state index contributed by atoms with van der Waals surface area (Å²) >= 11 is 0. The molecule has 2 radical (unpaired) electrons. The molecular formula is H83P83. The van der Waals surface area contributed by atoms with Crippen molar-refractivity contribution in [2.45, 2.75) is 0 Å². The molecule has 83 heteroatoms. The Bertz CT molecular complexity index is 1290. The molecular weight excluding hydrogens is 2570 g/mol. The van der Waals surface area contributed by atoms with Crippen molar-refractivity contribution in [3.63, 3.8) is 0 Å². The Morgan fingerprint density at radius 2 is 0.241 bits per heavy atom. The van der Waals surface area contributed by atoms with Gasteiger partial charge in [0.2, 0.25) is 0 Å². The summed E-state index contributed by atoms with van der Waals surface area (Å²) in [5.74, 6) is 0. The zero-order chi connectivity index (χ0) is 65.8. The molecule has 0 fully saturated rings. The van der Waals surface area contributed by atoms with Gasteiger partial charge in [-0.1, -0.05) is 25.8 Å². The summed E-state index contributed by atoms with van der Waals surface area (Å²) in [6.45, 7) is -15.1. The van der Waals surface area contributed by atoms with Gasteiger partial charge in [0.25, 0.3) is 0 Å². The third-order valence-corrected chi connectivity index (χ3v) is 592. The quantitative estimate of drug-likeness (QED) is 0.0537. The topological polar surface area (TPSA) is 0 Å². The van der Waals surface area contributed by atoms with E-state index in [1.54, 1.807) is 0 Å². The third kappa shape index (κ3) is 42.0. The van der Waals surface area contributed by atoms with Crippen LogP contribution in [0.4, 0.5) is 0 Å².